The zero-order valence-electron chi connectivity index (χ0n) is 7.27. The van der Waals surface area contributed by atoms with E-state index in [2.05, 4.69) is 0 Å². The fraction of sp³-hybridized carbons (Fsp3) is 0.300. The maximum atomic E-state index is 10.4. The van der Waals surface area contributed by atoms with E-state index in [-0.39, 0.29) is 0 Å². The van der Waals surface area contributed by atoms with Crippen LogP contribution in [0.1, 0.15) is 18.6 Å². The molecule has 0 radical (unpaired) electrons. The van der Waals surface area contributed by atoms with Crippen LogP contribution in [-0.2, 0) is 4.79 Å². The molecule has 3 heteroatoms. The van der Waals surface area contributed by atoms with E-state index in [0.29, 0.717) is 10.6 Å². The highest BCUT2D eigenvalue weighted by Crippen LogP contribution is 2.22. The van der Waals surface area contributed by atoms with Gasteiger partial charge in [-0.2, -0.15) is 0 Å². The van der Waals surface area contributed by atoms with E-state index in [9.17, 15) is 9.90 Å². The van der Waals surface area contributed by atoms with Gasteiger partial charge in [-0.25, -0.2) is 0 Å². The minimum absolute atomic E-state index is 0.404. The summed E-state index contributed by atoms with van der Waals surface area (Å²) in [5.41, 5.74) is 0.673. The Morgan fingerprint density at radius 1 is 1.54 bits per heavy atom. The number of halogens is 1. The molecule has 0 heterocycles. The second kappa shape index (κ2) is 4.40. The summed E-state index contributed by atoms with van der Waals surface area (Å²) in [4.78, 5) is 10.4. The van der Waals surface area contributed by atoms with Gasteiger partial charge in [0.05, 0.1) is 6.10 Å². The molecule has 1 N–H and O–H groups in total. The second-order valence-electron chi connectivity index (χ2n) is 3.00. The molecule has 0 aliphatic rings. The minimum atomic E-state index is -0.767. The molecule has 0 aliphatic carbocycles. The largest absolute Gasteiger partial charge is 0.388 e. The van der Waals surface area contributed by atoms with Crippen LogP contribution in [-0.4, -0.2) is 11.4 Å². The van der Waals surface area contributed by atoms with E-state index in [1.165, 1.54) is 0 Å². The van der Waals surface area contributed by atoms with Gasteiger partial charge in [-0.1, -0.05) is 30.7 Å². The molecule has 70 valence electrons. The zero-order chi connectivity index (χ0) is 9.84. The summed E-state index contributed by atoms with van der Waals surface area (Å²) in [6, 6.07) is 6.88. The van der Waals surface area contributed by atoms with Crippen molar-refractivity contribution < 1.29 is 9.90 Å². The molecule has 1 aromatic rings. The SMILES string of the molecule is C[C@@H](C=O)[C@@H](O)c1cccc(Cl)c1. The number of aliphatic hydroxyl groups is 1. The number of carbonyl (C=O) groups is 1. The lowest BCUT2D eigenvalue weighted by Crippen LogP contribution is -2.09. The predicted octanol–water partition coefficient (Wildman–Crippen LogP) is 2.21. The van der Waals surface area contributed by atoms with E-state index in [1.54, 1.807) is 31.2 Å². The molecular formula is C10H11ClO2. The first-order valence-corrected chi connectivity index (χ1v) is 4.41. The van der Waals surface area contributed by atoms with Crippen molar-refractivity contribution in [1.82, 2.24) is 0 Å². The van der Waals surface area contributed by atoms with Gasteiger partial charge in [0.2, 0.25) is 0 Å². The van der Waals surface area contributed by atoms with Crippen molar-refractivity contribution in [2.45, 2.75) is 13.0 Å². The van der Waals surface area contributed by atoms with Crippen LogP contribution >= 0.6 is 11.6 Å². The third-order valence-corrected chi connectivity index (χ3v) is 2.14. The molecule has 0 fully saturated rings. The Balaban J connectivity index is 2.88. The van der Waals surface area contributed by atoms with Crippen molar-refractivity contribution >= 4 is 17.9 Å². The van der Waals surface area contributed by atoms with Gasteiger partial charge in [0.1, 0.15) is 6.29 Å². The van der Waals surface area contributed by atoms with Crippen molar-refractivity contribution in [1.29, 1.82) is 0 Å². The van der Waals surface area contributed by atoms with Crippen LogP contribution in [0.3, 0.4) is 0 Å². The number of rotatable bonds is 3. The van der Waals surface area contributed by atoms with Gasteiger partial charge >= 0.3 is 0 Å². The van der Waals surface area contributed by atoms with Crippen molar-refractivity contribution in [3.8, 4) is 0 Å². The zero-order valence-corrected chi connectivity index (χ0v) is 8.03. The van der Waals surface area contributed by atoms with Crippen molar-refractivity contribution in [3.63, 3.8) is 0 Å². The molecule has 1 aromatic carbocycles. The number of carbonyl (C=O) groups excluding carboxylic acids is 1. The van der Waals surface area contributed by atoms with E-state index >= 15 is 0 Å². The summed E-state index contributed by atoms with van der Waals surface area (Å²) >= 11 is 5.74. The number of hydrogen-bond donors (Lipinski definition) is 1. The highest BCUT2D eigenvalue weighted by molar-refractivity contribution is 6.30. The van der Waals surface area contributed by atoms with Gasteiger partial charge in [0, 0.05) is 10.9 Å². The number of aliphatic hydroxyl groups excluding tert-OH is 1. The molecule has 0 bridgehead atoms. The lowest BCUT2D eigenvalue weighted by Gasteiger charge is -2.13. The monoisotopic (exact) mass is 198 g/mol. The number of benzene rings is 1. The van der Waals surface area contributed by atoms with Gasteiger partial charge in [0.25, 0.3) is 0 Å². The van der Waals surface area contributed by atoms with Crippen molar-refractivity contribution in [2.75, 3.05) is 0 Å². The number of hydrogen-bond acceptors (Lipinski definition) is 2. The van der Waals surface area contributed by atoms with Crippen LogP contribution in [0, 0.1) is 5.92 Å². The first-order valence-electron chi connectivity index (χ1n) is 4.04. The lowest BCUT2D eigenvalue weighted by molar-refractivity contribution is -0.113. The van der Waals surface area contributed by atoms with Crippen LogP contribution in [0.4, 0.5) is 0 Å². The minimum Gasteiger partial charge on any atom is -0.388 e. The van der Waals surface area contributed by atoms with Crippen molar-refractivity contribution in [2.24, 2.45) is 5.92 Å². The van der Waals surface area contributed by atoms with Crippen LogP contribution in [0.2, 0.25) is 5.02 Å². The van der Waals surface area contributed by atoms with Crippen LogP contribution in [0.15, 0.2) is 24.3 Å². The molecule has 0 aliphatic heterocycles. The molecule has 0 aromatic heterocycles. The molecule has 0 saturated carbocycles. The first-order chi connectivity index (χ1) is 6.15. The van der Waals surface area contributed by atoms with Crippen LogP contribution in [0.5, 0.6) is 0 Å². The highest BCUT2D eigenvalue weighted by atomic mass is 35.5. The van der Waals surface area contributed by atoms with Gasteiger partial charge in [-0.15, -0.1) is 0 Å². The summed E-state index contributed by atoms with van der Waals surface area (Å²) in [6.45, 7) is 1.67. The quantitative estimate of drug-likeness (QED) is 0.757. The Bertz CT molecular complexity index is 299. The Labute approximate surface area is 82.2 Å². The molecule has 0 spiro atoms. The van der Waals surface area contributed by atoms with Gasteiger partial charge in [-0.05, 0) is 17.7 Å². The second-order valence-corrected chi connectivity index (χ2v) is 3.43. The Morgan fingerprint density at radius 2 is 2.23 bits per heavy atom. The first kappa shape index (κ1) is 10.2. The summed E-state index contributed by atoms with van der Waals surface area (Å²) in [6.07, 6.45) is -0.0397. The summed E-state index contributed by atoms with van der Waals surface area (Å²) < 4.78 is 0. The lowest BCUT2D eigenvalue weighted by atomic mass is 9.99. The standard InChI is InChI=1S/C10H11ClO2/c1-7(6-12)10(13)8-3-2-4-9(11)5-8/h2-7,10,13H,1H3/t7-,10+/m0/s1. The highest BCUT2D eigenvalue weighted by Gasteiger charge is 2.15. The Hall–Kier alpha value is -0.860. The molecule has 2 nitrogen and oxygen atoms in total. The summed E-state index contributed by atoms with van der Waals surface area (Å²) in [5.74, 6) is -0.404. The Morgan fingerprint density at radius 3 is 2.77 bits per heavy atom. The van der Waals surface area contributed by atoms with Gasteiger partial charge < -0.3 is 9.90 Å². The maximum absolute atomic E-state index is 10.4. The van der Waals surface area contributed by atoms with E-state index in [0.717, 1.165) is 6.29 Å². The third-order valence-electron chi connectivity index (χ3n) is 1.90. The smallest absolute Gasteiger partial charge is 0.125 e. The van der Waals surface area contributed by atoms with Crippen molar-refractivity contribution in [3.05, 3.63) is 34.9 Å². The molecule has 13 heavy (non-hydrogen) atoms. The maximum Gasteiger partial charge on any atom is 0.125 e. The van der Waals surface area contributed by atoms with E-state index in [4.69, 9.17) is 11.6 Å². The molecule has 0 amide bonds. The average Bonchev–Trinajstić information content (AvgIpc) is 2.15. The van der Waals surface area contributed by atoms with E-state index in [1.807, 2.05) is 0 Å². The fourth-order valence-electron chi connectivity index (χ4n) is 1.07. The third kappa shape index (κ3) is 2.54. The van der Waals surface area contributed by atoms with E-state index < -0.39 is 12.0 Å². The molecular weight excluding hydrogens is 188 g/mol. The number of aldehydes is 1. The van der Waals surface area contributed by atoms with Gasteiger partial charge in [-0.3, -0.25) is 0 Å². The summed E-state index contributed by atoms with van der Waals surface area (Å²) in [5, 5.41) is 10.2. The molecule has 0 saturated heterocycles. The predicted molar refractivity (Wildman–Crippen MR) is 51.6 cm³/mol. The van der Waals surface area contributed by atoms with Crippen LogP contribution in [0.25, 0.3) is 0 Å². The normalized spacial score (nSPS) is 15.0. The molecule has 0 unspecified atom stereocenters. The Kier molecular flexibility index (Phi) is 3.46. The van der Waals surface area contributed by atoms with Crippen LogP contribution < -0.4 is 0 Å². The molecule has 2 atom stereocenters. The average molecular weight is 199 g/mol. The fourth-order valence-corrected chi connectivity index (χ4v) is 1.27. The molecule has 1 rings (SSSR count). The summed E-state index contributed by atoms with van der Waals surface area (Å²) in [7, 11) is 0. The topological polar surface area (TPSA) is 37.3 Å². The van der Waals surface area contributed by atoms with Gasteiger partial charge in [0.15, 0.2) is 0 Å².